The van der Waals surface area contributed by atoms with Gasteiger partial charge in [0.1, 0.15) is 0 Å². The van der Waals surface area contributed by atoms with E-state index in [1.54, 1.807) is 7.11 Å². The Morgan fingerprint density at radius 1 is 1.40 bits per heavy atom. The minimum Gasteiger partial charge on any atom is -0.385 e. The average molecular weight is 145 g/mol. The first-order chi connectivity index (χ1) is 4.81. The standard InChI is InChI=1S/C8H19NO/c1-8(4-3-6-9)5-7-10-2/h8H,3-7,9H2,1-2H3. The van der Waals surface area contributed by atoms with E-state index < -0.39 is 0 Å². The van der Waals surface area contributed by atoms with Crippen LogP contribution in [0.25, 0.3) is 0 Å². The van der Waals surface area contributed by atoms with E-state index in [1.807, 2.05) is 0 Å². The fourth-order valence-electron chi connectivity index (χ4n) is 0.930. The Labute approximate surface area is 63.7 Å². The highest BCUT2D eigenvalue weighted by Crippen LogP contribution is 2.08. The number of nitrogens with two attached hydrogens (primary N) is 1. The fourth-order valence-corrected chi connectivity index (χ4v) is 0.930. The Morgan fingerprint density at radius 3 is 2.60 bits per heavy atom. The maximum Gasteiger partial charge on any atom is 0.0464 e. The molecule has 0 aromatic rings. The molecule has 1 unspecified atom stereocenters. The van der Waals surface area contributed by atoms with Crippen LogP contribution in [-0.2, 0) is 4.74 Å². The first-order valence-corrected chi connectivity index (χ1v) is 4.00. The molecule has 0 aliphatic rings. The smallest absolute Gasteiger partial charge is 0.0464 e. The van der Waals surface area contributed by atoms with Crippen LogP contribution in [0.4, 0.5) is 0 Å². The zero-order valence-electron chi connectivity index (χ0n) is 7.10. The lowest BCUT2D eigenvalue weighted by atomic mass is 10.0. The van der Waals surface area contributed by atoms with Gasteiger partial charge in [-0.1, -0.05) is 6.92 Å². The largest absolute Gasteiger partial charge is 0.385 e. The first kappa shape index (κ1) is 9.92. The normalized spacial score (nSPS) is 13.5. The Bertz CT molecular complexity index is 58.3. The molecular formula is C8H19NO. The Hall–Kier alpha value is -0.0800. The van der Waals surface area contributed by atoms with E-state index in [9.17, 15) is 0 Å². The first-order valence-electron chi connectivity index (χ1n) is 4.00. The number of methoxy groups -OCH3 is 1. The van der Waals surface area contributed by atoms with Crippen LogP contribution in [-0.4, -0.2) is 20.3 Å². The van der Waals surface area contributed by atoms with Crippen LogP contribution in [0.2, 0.25) is 0 Å². The van der Waals surface area contributed by atoms with Crippen molar-refractivity contribution in [2.75, 3.05) is 20.3 Å². The van der Waals surface area contributed by atoms with Crippen molar-refractivity contribution >= 4 is 0 Å². The summed E-state index contributed by atoms with van der Waals surface area (Å²) in [5.74, 6) is 0.767. The van der Waals surface area contributed by atoms with Gasteiger partial charge in [-0.15, -0.1) is 0 Å². The molecule has 0 heterocycles. The van der Waals surface area contributed by atoms with Crippen LogP contribution in [0.1, 0.15) is 26.2 Å². The lowest BCUT2D eigenvalue weighted by Gasteiger charge is -2.08. The van der Waals surface area contributed by atoms with Gasteiger partial charge in [-0.3, -0.25) is 0 Å². The van der Waals surface area contributed by atoms with Crippen molar-refractivity contribution < 1.29 is 4.74 Å². The highest BCUT2D eigenvalue weighted by atomic mass is 16.5. The molecule has 0 aromatic carbocycles. The van der Waals surface area contributed by atoms with E-state index in [4.69, 9.17) is 10.5 Å². The van der Waals surface area contributed by atoms with Crippen molar-refractivity contribution in [1.29, 1.82) is 0 Å². The van der Waals surface area contributed by atoms with Crippen molar-refractivity contribution in [1.82, 2.24) is 0 Å². The van der Waals surface area contributed by atoms with E-state index in [0.29, 0.717) is 0 Å². The highest BCUT2D eigenvalue weighted by Gasteiger charge is 1.99. The van der Waals surface area contributed by atoms with Gasteiger partial charge < -0.3 is 10.5 Å². The average Bonchev–Trinajstić information content (AvgIpc) is 1.97. The van der Waals surface area contributed by atoms with Gasteiger partial charge in [0.15, 0.2) is 0 Å². The number of hydrogen-bond acceptors (Lipinski definition) is 2. The van der Waals surface area contributed by atoms with Crippen LogP contribution in [0.3, 0.4) is 0 Å². The van der Waals surface area contributed by atoms with E-state index >= 15 is 0 Å². The summed E-state index contributed by atoms with van der Waals surface area (Å²) in [7, 11) is 1.75. The van der Waals surface area contributed by atoms with E-state index in [1.165, 1.54) is 6.42 Å². The van der Waals surface area contributed by atoms with Crippen molar-refractivity contribution in [3.05, 3.63) is 0 Å². The molecule has 0 fully saturated rings. The lowest BCUT2D eigenvalue weighted by molar-refractivity contribution is 0.178. The van der Waals surface area contributed by atoms with Crippen molar-refractivity contribution in [2.45, 2.75) is 26.2 Å². The SMILES string of the molecule is COCCC(C)CCCN. The van der Waals surface area contributed by atoms with Crippen molar-refractivity contribution in [3.8, 4) is 0 Å². The predicted molar refractivity (Wildman–Crippen MR) is 43.9 cm³/mol. The van der Waals surface area contributed by atoms with Gasteiger partial charge in [-0.25, -0.2) is 0 Å². The van der Waals surface area contributed by atoms with Gasteiger partial charge in [-0.05, 0) is 31.7 Å². The maximum absolute atomic E-state index is 5.37. The van der Waals surface area contributed by atoms with Crippen molar-refractivity contribution in [2.24, 2.45) is 11.7 Å². The molecule has 0 aliphatic carbocycles. The van der Waals surface area contributed by atoms with Gasteiger partial charge in [0.25, 0.3) is 0 Å². The number of ether oxygens (including phenoxy) is 1. The summed E-state index contributed by atoms with van der Waals surface area (Å²) in [6, 6.07) is 0. The van der Waals surface area contributed by atoms with Gasteiger partial charge in [0.2, 0.25) is 0 Å². The molecule has 0 amide bonds. The lowest BCUT2D eigenvalue weighted by Crippen LogP contribution is -2.04. The number of hydrogen-bond donors (Lipinski definition) is 1. The molecule has 0 radical (unpaired) electrons. The van der Waals surface area contributed by atoms with Crippen LogP contribution in [0.15, 0.2) is 0 Å². The summed E-state index contributed by atoms with van der Waals surface area (Å²) in [5.41, 5.74) is 5.37. The topological polar surface area (TPSA) is 35.2 Å². The van der Waals surface area contributed by atoms with E-state index in [-0.39, 0.29) is 0 Å². The molecule has 0 spiro atoms. The van der Waals surface area contributed by atoms with Gasteiger partial charge in [0.05, 0.1) is 0 Å². The molecule has 1 atom stereocenters. The van der Waals surface area contributed by atoms with Crippen LogP contribution in [0, 0.1) is 5.92 Å². The monoisotopic (exact) mass is 145 g/mol. The molecule has 0 aliphatic heterocycles. The Morgan fingerprint density at radius 2 is 2.10 bits per heavy atom. The minimum atomic E-state index is 0.767. The van der Waals surface area contributed by atoms with Crippen LogP contribution < -0.4 is 5.73 Å². The summed E-state index contributed by atoms with van der Waals surface area (Å²) < 4.78 is 4.96. The summed E-state index contributed by atoms with van der Waals surface area (Å²) in [6.45, 7) is 3.94. The summed E-state index contributed by atoms with van der Waals surface area (Å²) in [4.78, 5) is 0. The molecule has 0 aromatic heterocycles. The maximum atomic E-state index is 5.37. The summed E-state index contributed by atoms with van der Waals surface area (Å²) >= 11 is 0. The Kier molecular flexibility index (Phi) is 6.98. The molecular weight excluding hydrogens is 126 g/mol. The molecule has 0 rings (SSSR count). The predicted octanol–water partition coefficient (Wildman–Crippen LogP) is 1.40. The second kappa shape index (κ2) is 7.03. The van der Waals surface area contributed by atoms with Gasteiger partial charge >= 0.3 is 0 Å². The third-order valence-corrected chi connectivity index (χ3v) is 1.72. The molecule has 2 nitrogen and oxygen atoms in total. The second-order valence-corrected chi connectivity index (χ2v) is 2.82. The molecule has 2 N–H and O–H groups in total. The zero-order valence-corrected chi connectivity index (χ0v) is 7.10. The minimum absolute atomic E-state index is 0.767. The molecule has 0 saturated carbocycles. The molecule has 10 heavy (non-hydrogen) atoms. The molecule has 2 heteroatoms. The molecule has 0 bridgehead atoms. The third-order valence-electron chi connectivity index (χ3n) is 1.72. The van der Waals surface area contributed by atoms with Gasteiger partial charge in [0, 0.05) is 13.7 Å². The third kappa shape index (κ3) is 6.05. The zero-order chi connectivity index (χ0) is 7.82. The molecule has 0 saturated heterocycles. The van der Waals surface area contributed by atoms with E-state index in [0.717, 1.165) is 31.9 Å². The fraction of sp³-hybridized carbons (Fsp3) is 1.00. The van der Waals surface area contributed by atoms with Crippen molar-refractivity contribution in [3.63, 3.8) is 0 Å². The second-order valence-electron chi connectivity index (χ2n) is 2.82. The number of rotatable bonds is 6. The Balaban J connectivity index is 3.00. The van der Waals surface area contributed by atoms with Gasteiger partial charge in [-0.2, -0.15) is 0 Å². The molecule has 62 valence electrons. The highest BCUT2D eigenvalue weighted by molar-refractivity contribution is 4.52. The van der Waals surface area contributed by atoms with Crippen LogP contribution in [0.5, 0.6) is 0 Å². The van der Waals surface area contributed by atoms with Crippen LogP contribution >= 0.6 is 0 Å². The quantitative estimate of drug-likeness (QED) is 0.613. The summed E-state index contributed by atoms with van der Waals surface area (Å²) in [6.07, 6.45) is 3.54. The summed E-state index contributed by atoms with van der Waals surface area (Å²) in [5, 5.41) is 0. The van der Waals surface area contributed by atoms with E-state index in [2.05, 4.69) is 6.92 Å².